The largest absolute Gasteiger partial charge is 0.464 e. The lowest BCUT2D eigenvalue weighted by molar-refractivity contribution is -0.155. The van der Waals surface area contributed by atoms with Gasteiger partial charge in [-0.05, 0) is 91.1 Å². The van der Waals surface area contributed by atoms with Gasteiger partial charge in [0.05, 0.1) is 36.6 Å². The predicted molar refractivity (Wildman–Crippen MR) is 243 cm³/mol. The van der Waals surface area contributed by atoms with Crippen molar-refractivity contribution in [3.8, 4) is 22.4 Å². The number of ether oxygens (including phenoxy) is 2. The molecule has 2 aromatic carbocycles. The zero-order valence-corrected chi connectivity index (χ0v) is 37.9. The summed E-state index contributed by atoms with van der Waals surface area (Å²) in [6.07, 6.45) is 5.14. The molecule has 4 aliphatic heterocycles. The minimum Gasteiger partial charge on any atom is -0.464 e. The van der Waals surface area contributed by atoms with Gasteiger partial charge in [0.15, 0.2) is 0 Å². The maximum Gasteiger partial charge on any atom is 0.324 e. The second-order valence-electron chi connectivity index (χ2n) is 19.0. The molecule has 14 heteroatoms. The maximum absolute atomic E-state index is 14.7. The molecule has 4 aliphatic rings. The van der Waals surface area contributed by atoms with Crippen LogP contribution in [0.1, 0.15) is 76.8 Å². The van der Waals surface area contributed by atoms with Gasteiger partial charge < -0.3 is 29.2 Å². The molecule has 1 unspecified atom stereocenters. The Hall–Kier alpha value is -5.86. The van der Waals surface area contributed by atoms with Gasteiger partial charge in [-0.25, -0.2) is 5.43 Å². The number of carbonyl (C=O) groups excluding carboxylic acids is 5. The van der Waals surface area contributed by atoms with Crippen molar-refractivity contribution >= 4 is 40.5 Å². The van der Waals surface area contributed by atoms with Crippen molar-refractivity contribution in [2.24, 2.45) is 17.3 Å². The molecule has 4 amide bonds. The van der Waals surface area contributed by atoms with Crippen LogP contribution in [-0.4, -0.2) is 112 Å². The van der Waals surface area contributed by atoms with Crippen LogP contribution in [0, 0.1) is 17.3 Å². The normalized spacial score (nSPS) is 22.9. The third-order valence-electron chi connectivity index (χ3n) is 13.3. The van der Waals surface area contributed by atoms with Crippen LogP contribution in [0.3, 0.4) is 0 Å². The van der Waals surface area contributed by atoms with Crippen LogP contribution in [0.4, 0.5) is 0 Å². The van der Waals surface area contributed by atoms with Gasteiger partial charge in [0.2, 0.25) is 17.7 Å². The minimum atomic E-state index is -1.04. The number of rotatable bonds is 6. The van der Waals surface area contributed by atoms with E-state index in [0.29, 0.717) is 51.9 Å². The fraction of sp³-hybridized carbons (Fsp3) is 0.480. The summed E-state index contributed by atoms with van der Waals surface area (Å²) in [5, 5.41) is 5.59. The van der Waals surface area contributed by atoms with Crippen molar-refractivity contribution in [1.29, 1.82) is 0 Å². The number of pyridine rings is 1. The number of carbonyl (C=O) groups is 5. The van der Waals surface area contributed by atoms with Gasteiger partial charge in [0.25, 0.3) is 5.91 Å². The lowest BCUT2D eigenvalue weighted by atomic mass is 9.84. The van der Waals surface area contributed by atoms with Crippen LogP contribution in [0.2, 0.25) is 0 Å². The van der Waals surface area contributed by atoms with Crippen molar-refractivity contribution in [1.82, 2.24) is 35.1 Å². The number of likely N-dealkylation sites (N-methyl/N-ethyl adjacent to an activating group) is 1. The van der Waals surface area contributed by atoms with E-state index < -0.39 is 47.2 Å². The zero-order chi connectivity index (χ0) is 45.4. The molecule has 2 saturated heterocycles. The van der Waals surface area contributed by atoms with Crippen LogP contribution >= 0.6 is 0 Å². The number of amides is 4. The summed E-state index contributed by atoms with van der Waals surface area (Å²) < 4.78 is 14.7. The third-order valence-corrected chi connectivity index (χ3v) is 13.3. The van der Waals surface area contributed by atoms with Gasteiger partial charge in [0.1, 0.15) is 18.1 Å². The molecule has 0 spiro atoms. The van der Waals surface area contributed by atoms with Gasteiger partial charge in [-0.2, -0.15) is 0 Å². The van der Waals surface area contributed by atoms with E-state index in [9.17, 15) is 24.0 Å². The summed E-state index contributed by atoms with van der Waals surface area (Å²) in [5.41, 5.74) is 10.6. The molecule has 64 heavy (non-hydrogen) atoms. The summed E-state index contributed by atoms with van der Waals surface area (Å²) >= 11 is 0. The molecule has 4 aromatic rings. The molecule has 2 aromatic heterocycles. The molecule has 2 N–H and O–H groups in total. The number of hydrogen-bond acceptors (Lipinski definition) is 9. The number of benzene rings is 2. The van der Waals surface area contributed by atoms with Crippen LogP contribution in [0.25, 0.3) is 33.3 Å². The van der Waals surface area contributed by atoms with E-state index in [2.05, 4.69) is 72.1 Å². The van der Waals surface area contributed by atoms with E-state index in [-0.39, 0.29) is 43.4 Å². The lowest BCUT2D eigenvalue weighted by Gasteiger charge is -2.37. The molecule has 0 aliphatic carbocycles. The monoisotopic (exact) mass is 871 g/mol. The molecular formula is C50H61N7O7. The van der Waals surface area contributed by atoms with E-state index in [1.807, 2.05) is 45.2 Å². The molecule has 2 fully saturated rings. The first-order valence-corrected chi connectivity index (χ1v) is 22.7. The average Bonchev–Trinajstić information content (AvgIpc) is 3.89. The molecule has 14 nitrogen and oxygen atoms in total. The fourth-order valence-corrected chi connectivity index (χ4v) is 10.1. The van der Waals surface area contributed by atoms with Crippen LogP contribution in [-0.2, 0) is 52.8 Å². The summed E-state index contributed by atoms with van der Waals surface area (Å²) in [6.45, 7) is 15.9. The number of esters is 1. The summed E-state index contributed by atoms with van der Waals surface area (Å²) in [6, 6.07) is 15.9. The Morgan fingerprint density at radius 1 is 1.03 bits per heavy atom. The number of nitrogens with zero attached hydrogens (tertiary/aromatic N) is 5. The van der Waals surface area contributed by atoms with Gasteiger partial charge in [-0.15, -0.1) is 0 Å². The first kappa shape index (κ1) is 44.7. The van der Waals surface area contributed by atoms with Gasteiger partial charge >= 0.3 is 5.97 Å². The topological polar surface area (TPSA) is 155 Å². The number of aromatic nitrogens is 2. The van der Waals surface area contributed by atoms with Gasteiger partial charge in [-0.1, -0.05) is 64.6 Å². The van der Waals surface area contributed by atoms with Crippen molar-refractivity contribution < 1.29 is 33.4 Å². The number of likely N-dealkylation sites (tertiary alicyclic amines) is 1. The van der Waals surface area contributed by atoms with E-state index >= 15 is 0 Å². The standard InChI is InChI=1S/C50H61N7O7/c1-8-42(58)55-21-18-35(28-55)47(60)54(7)44(30(2)3)46(59)52-40-25-32-12-9-13-33(24-32)34-16-17-41-37(26-34)38(45-36-14-10-19-51-43(36)31(4)63-23-22-56(41)45)27-50(5,6)29-64-49(62)39-15-11-20-57(53-39)48(40)61/h8-10,12-14,16-17,19,24,26,30-31,35,39-40,44,53H,1,11,15,18,20-23,25,27-29H2,2-7H3,(H,52,59)/t31-,35-,39-,40-,44?/m0/s1. The molecule has 0 radical (unpaired) electrons. The van der Waals surface area contributed by atoms with Crippen molar-refractivity contribution in [3.05, 3.63) is 90.3 Å². The first-order valence-electron chi connectivity index (χ1n) is 22.7. The number of fused-ring (bicyclic) bond motifs is 11. The van der Waals surface area contributed by atoms with E-state index in [1.165, 1.54) is 16.0 Å². The maximum atomic E-state index is 14.7. The lowest BCUT2D eigenvalue weighted by Crippen LogP contribution is -2.62. The smallest absolute Gasteiger partial charge is 0.324 e. The summed E-state index contributed by atoms with van der Waals surface area (Å²) in [5.74, 6) is -2.54. The molecule has 0 saturated carbocycles. The van der Waals surface area contributed by atoms with Crippen molar-refractivity contribution in [2.45, 2.75) is 97.5 Å². The highest BCUT2D eigenvalue weighted by Crippen LogP contribution is 2.43. The number of nitrogens with one attached hydrogen (secondary N) is 2. The average molecular weight is 872 g/mol. The molecule has 8 rings (SSSR count). The molecule has 338 valence electrons. The number of hydrazine groups is 1. The van der Waals surface area contributed by atoms with Gasteiger partial charge in [-0.3, -0.25) is 34.0 Å². The van der Waals surface area contributed by atoms with E-state index in [1.54, 1.807) is 11.9 Å². The van der Waals surface area contributed by atoms with Crippen molar-refractivity contribution in [3.63, 3.8) is 0 Å². The molecule has 5 atom stereocenters. The van der Waals surface area contributed by atoms with Gasteiger partial charge in [0, 0.05) is 67.7 Å². The second-order valence-corrected chi connectivity index (χ2v) is 19.0. The van der Waals surface area contributed by atoms with E-state index in [0.717, 1.165) is 50.1 Å². The fourth-order valence-electron chi connectivity index (χ4n) is 10.1. The summed E-state index contributed by atoms with van der Waals surface area (Å²) in [4.78, 5) is 77.1. The zero-order valence-electron chi connectivity index (χ0n) is 37.9. The Morgan fingerprint density at radius 2 is 1.83 bits per heavy atom. The first-order chi connectivity index (χ1) is 30.6. The third kappa shape index (κ3) is 8.94. The Morgan fingerprint density at radius 3 is 2.61 bits per heavy atom. The van der Waals surface area contributed by atoms with Crippen LogP contribution in [0.15, 0.2) is 73.4 Å². The quantitative estimate of drug-likeness (QED) is 0.186. The molecule has 6 heterocycles. The highest BCUT2D eigenvalue weighted by atomic mass is 16.5. The van der Waals surface area contributed by atoms with Crippen LogP contribution < -0.4 is 10.7 Å². The SMILES string of the molecule is C=CC(=O)N1CC[C@H](C(=O)N(C)C(C(=O)N[C@H]2Cc3cccc(c3)-c3ccc4c(c3)c(c3n4CCO[C@@H](C)c4ncccc4-3)CC(C)(C)COC(=O)[C@@H]3CCCN(N3)C2=O)C(C)C)C1. The van der Waals surface area contributed by atoms with Crippen molar-refractivity contribution in [2.75, 3.05) is 39.9 Å². The Bertz CT molecular complexity index is 2480. The molecular weight excluding hydrogens is 811 g/mol. The number of cyclic esters (lactones) is 1. The predicted octanol–water partition coefficient (Wildman–Crippen LogP) is 5.63. The Kier molecular flexibility index (Phi) is 12.8. The van der Waals surface area contributed by atoms with E-state index in [4.69, 9.17) is 14.5 Å². The Labute approximate surface area is 375 Å². The molecule has 6 bridgehead atoms. The number of hydrogen-bond donors (Lipinski definition) is 2. The highest BCUT2D eigenvalue weighted by Gasteiger charge is 2.40. The summed E-state index contributed by atoms with van der Waals surface area (Å²) in [7, 11) is 1.61. The minimum absolute atomic E-state index is 0.149. The van der Waals surface area contributed by atoms with Crippen LogP contribution in [0.5, 0.6) is 0 Å². The highest BCUT2D eigenvalue weighted by molar-refractivity contribution is 5.96. The second kappa shape index (κ2) is 18.3. The Balaban J connectivity index is 1.17.